The van der Waals surface area contributed by atoms with Gasteiger partial charge in [0.2, 0.25) is 0 Å². The zero-order valence-corrected chi connectivity index (χ0v) is 18.1. The molecule has 1 amide bonds. The lowest BCUT2D eigenvalue weighted by Gasteiger charge is -2.34. The zero-order chi connectivity index (χ0) is 20.6. The fraction of sp³-hybridized carbons (Fsp3) is 0.619. The van der Waals surface area contributed by atoms with Crippen LogP contribution in [-0.2, 0) is 9.47 Å². The van der Waals surface area contributed by atoms with Crippen LogP contribution >= 0.6 is 11.6 Å². The molecule has 2 aliphatic heterocycles. The quantitative estimate of drug-likeness (QED) is 0.732. The number of rotatable bonds is 2. The monoisotopic (exact) mass is 420 g/mol. The van der Waals surface area contributed by atoms with Crippen LogP contribution < -0.4 is 4.90 Å². The van der Waals surface area contributed by atoms with Crippen LogP contribution in [0.3, 0.4) is 0 Å². The molecule has 2 aliphatic rings. The molecule has 0 spiro atoms. The van der Waals surface area contributed by atoms with Crippen LogP contribution in [0.15, 0.2) is 18.3 Å². The Bertz CT molecular complexity index is 878. The van der Waals surface area contributed by atoms with Crippen LogP contribution in [0.25, 0.3) is 10.9 Å². The van der Waals surface area contributed by atoms with Crippen LogP contribution in [0.1, 0.15) is 39.7 Å². The Balaban J connectivity index is 1.55. The summed E-state index contributed by atoms with van der Waals surface area (Å²) in [4.78, 5) is 16.5. The van der Waals surface area contributed by atoms with Crippen molar-refractivity contribution in [2.45, 2.75) is 45.3 Å². The Morgan fingerprint density at radius 3 is 2.52 bits per heavy atom. The summed E-state index contributed by atoms with van der Waals surface area (Å²) in [5.74, 6) is 0. The lowest BCUT2D eigenvalue weighted by Crippen LogP contribution is -2.42. The maximum Gasteiger partial charge on any atom is 0.410 e. The normalized spacial score (nSPS) is 19.0. The molecule has 3 heterocycles. The molecule has 2 aromatic rings. The van der Waals surface area contributed by atoms with E-state index in [9.17, 15) is 4.79 Å². The molecule has 0 unspecified atom stereocenters. The number of carbonyl (C=O) groups is 1. The highest BCUT2D eigenvalue weighted by atomic mass is 35.5. The molecule has 0 atom stereocenters. The molecule has 1 aromatic heterocycles. The lowest BCUT2D eigenvalue weighted by atomic mass is 10.0. The molecular weight excluding hydrogens is 392 g/mol. The Kier molecular flexibility index (Phi) is 5.62. The first-order chi connectivity index (χ1) is 13.8. The predicted molar refractivity (Wildman–Crippen MR) is 114 cm³/mol. The van der Waals surface area contributed by atoms with Crippen molar-refractivity contribution < 1.29 is 14.3 Å². The maximum absolute atomic E-state index is 12.4. The molecule has 7 nitrogen and oxygen atoms in total. The van der Waals surface area contributed by atoms with Gasteiger partial charge in [-0.2, -0.15) is 5.10 Å². The number of amides is 1. The van der Waals surface area contributed by atoms with E-state index in [4.69, 9.17) is 26.2 Å². The van der Waals surface area contributed by atoms with Crippen molar-refractivity contribution in [3.63, 3.8) is 0 Å². The second-order valence-corrected chi connectivity index (χ2v) is 9.19. The second-order valence-electron chi connectivity index (χ2n) is 8.75. The fourth-order valence-electron chi connectivity index (χ4n) is 4.08. The topological polar surface area (TPSA) is 59.8 Å². The van der Waals surface area contributed by atoms with E-state index in [1.54, 1.807) is 4.90 Å². The van der Waals surface area contributed by atoms with E-state index < -0.39 is 5.60 Å². The Hall–Kier alpha value is -1.99. The third-order valence-corrected chi connectivity index (χ3v) is 5.67. The van der Waals surface area contributed by atoms with Crippen molar-refractivity contribution in [2.75, 3.05) is 44.3 Å². The number of ether oxygens (including phenoxy) is 2. The highest BCUT2D eigenvalue weighted by molar-refractivity contribution is 6.31. The van der Waals surface area contributed by atoms with Gasteiger partial charge in [0.15, 0.2) is 0 Å². The first kappa shape index (κ1) is 20.3. The fourth-order valence-corrected chi connectivity index (χ4v) is 4.30. The van der Waals surface area contributed by atoms with Gasteiger partial charge in [-0.1, -0.05) is 11.6 Å². The molecule has 29 heavy (non-hydrogen) atoms. The number of piperidine rings is 1. The Morgan fingerprint density at radius 2 is 1.86 bits per heavy atom. The highest BCUT2D eigenvalue weighted by Gasteiger charge is 2.29. The molecule has 1 aromatic carbocycles. The van der Waals surface area contributed by atoms with Crippen molar-refractivity contribution in [3.8, 4) is 0 Å². The van der Waals surface area contributed by atoms with Gasteiger partial charge in [-0.25, -0.2) is 4.79 Å². The second kappa shape index (κ2) is 8.03. The highest BCUT2D eigenvalue weighted by Crippen LogP contribution is 2.35. The van der Waals surface area contributed by atoms with Crippen LogP contribution in [0.2, 0.25) is 5.02 Å². The zero-order valence-electron chi connectivity index (χ0n) is 17.4. The molecule has 8 heteroatoms. The minimum absolute atomic E-state index is 0.234. The molecular formula is C21H29ClN4O3. The summed E-state index contributed by atoms with van der Waals surface area (Å²) in [5.41, 5.74) is 1.76. The van der Waals surface area contributed by atoms with E-state index >= 15 is 0 Å². The van der Waals surface area contributed by atoms with E-state index in [1.165, 1.54) is 0 Å². The molecule has 0 bridgehead atoms. The molecule has 0 aliphatic carbocycles. The van der Waals surface area contributed by atoms with Gasteiger partial charge < -0.3 is 19.3 Å². The minimum atomic E-state index is -0.474. The Labute approximate surface area is 176 Å². The first-order valence-corrected chi connectivity index (χ1v) is 10.7. The maximum atomic E-state index is 12.4. The summed E-state index contributed by atoms with van der Waals surface area (Å²) in [5, 5.41) is 6.48. The summed E-state index contributed by atoms with van der Waals surface area (Å²) in [6.07, 6.45) is 3.36. The van der Waals surface area contributed by atoms with Crippen molar-refractivity contribution in [1.82, 2.24) is 14.7 Å². The van der Waals surface area contributed by atoms with Gasteiger partial charge in [0, 0.05) is 36.6 Å². The summed E-state index contributed by atoms with van der Waals surface area (Å²) >= 11 is 6.39. The number of benzene rings is 1. The predicted octanol–water partition coefficient (Wildman–Crippen LogP) is 4.10. The molecule has 0 radical (unpaired) electrons. The summed E-state index contributed by atoms with van der Waals surface area (Å²) < 4.78 is 13.2. The number of anilines is 1. The van der Waals surface area contributed by atoms with E-state index in [0.717, 1.165) is 60.8 Å². The number of hydrogen-bond donors (Lipinski definition) is 0. The lowest BCUT2D eigenvalue weighted by molar-refractivity contribution is 0.0186. The molecule has 2 saturated heterocycles. The van der Waals surface area contributed by atoms with Crippen molar-refractivity contribution in [2.24, 2.45) is 0 Å². The third kappa shape index (κ3) is 4.46. The van der Waals surface area contributed by atoms with Crippen LogP contribution in [0.5, 0.6) is 0 Å². The molecule has 4 rings (SSSR count). The molecule has 0 N–H and O–H groups in total. The van der Waals surface area contributed by atoms with Gasteiger partial charge in [0.1, 0.15) is 5.60 Å². The Morgan fingerprint density at radius 1 is 1.17 bits per heavy atom. The van der Waals surface area contributed by atoms with Crippen LogP contribution in [0, 0.1) is 0 Å². The number of hydrogen-bond acceptors (Lipinski definition) is 5. The van der Waals surface area contributed by atoms with E-state index in [-0.39, 0.29) is 12.1 Å². The molecule has 158 valence electrons. The van der Waals surface area contributed by atoms with E-state index in [2.05, 4.69) is 9.58 Å². The van der Waals surface area contributed by atoms with Crippen molar-refractivity contribution >= 4 is 34.3 Å². The molecule has 2 fully saturated rings. The summed E-state index contributed by atoms with van der Waals surface area (Å²) in [6.45, 7) is 10.1. The smallest absolute Gasteiger partial charge is 0.410 e. The van der Waals surface area contributed by atoms with E-state index in [0.29, 0.717) is 13.1 Å². The van der Waals surface area contributed by atoms with Gasteiger partial charge in [0.05, 0.1) is 36.7 Å². The summed E-state index contributed by atoms with van der Waals surface area (Å²) in [7, 11) is 0. The first-order valence-electron chi connectivity index (χ1n) is 10.3. The number of halogens is 1. The number of nitrogens with zero attached hydrogens (tertiary/aromatic N) is 4. The standard InChI is InChI=1S/C21H29ClN4O3/c1-21(2,3)29-20(27)25-6-4-17(5-7-25)26-19-15(14-23-26)12-16(22)13-18(19)24-8-10-28-11-9-24/h12-14,17H,4-11H2,1-3H3. The average Bonchev–Trinajstić information content (AvgIpc) is 3.10. The minimum Gasteiger partial charge on any atom is -0.444 e. The number of morpholine rings is 1. The molecule has 0 saturated carbocycles. The van der Waals surface area contributed by atoms with Gasteiger partial charge in [-0.3, -0.25) is 4.68 Å². The number of likely N-dealkylation sites (tertiary alicyclic amines) is 1. The van der Waals surface area contributed by atoms with Crippen LogP contribution in [0.4, 0.5) is 10.5 Å². The van der Waals surface area contributed by atoms with Gasteiger partial charge >= 0.3 is 6.09 Å². The SMILES string of the molecule is CC(C)(C)OC(=O)N1CCC(n2ncc3cc(Cl)cc(N4CCOCC4)c32)CC1. The van der Waals surface area contributed by atoms with Crippen LogP contribution in [-0.4, -0.2) is 65.8 Å². The number of fused-ring (bicyclic) bond motifs is 1. The third-order valence-electron chi connectivity index (χ3n) is 5.45. The number of aromatic nitrogens is 2. The van der Waals surface area contributed by atoms with E-state index in [1.807, 2.05) is 39.1 Å². The van der Waals surface area contributed by atoms with Crippen molar-refractivity contribution in [1.29, 1.82) is 0 Å². The average molecular weight is 421 g/mol. The number of carbonyl (C=O) groups excluding carboxylic acids is 1. The van der Waals surface area contributed by atoms with Gasteiger partial charge in [0.25, 0.3) is 0 Å². The van der Waals surface area contributed by atoms with Gasteiger partial charge in [-0.15, -0.1) is 0 Å². The summed E-state index contributed by atoms with van der Waals surface area (Å²) in [6, 6.07) is 4.25. The van der Waals surface area contributed by atoms with Crippen molar-refractivity contribution in [3.05, 3.63) is 23.4 Å². The van der Waals surface area contributed by atoms with Gasteiger partial charge in [-0.05, 0) is 45.7 Å². The largest absolute Gasteiger partial charge is 0.444 e.